The molecule has 0 aliphatic carbocycles. The number of nitrogens with one attached hydrogen (secondary N) is 1. The summed E-state index contributed by atoms with van der Waals surface area (Å²) >= 11 is 1.18. The molecule has 0 spiro atoms. The molecule has 1 heterocycles. The first-order chi connectivity index (χ1) is 11.9. The summed E-state index contributed by atoms with van der Waals surface area (Å²) in [4.78, 5) is 35.4. The molecule has 0 aliphatic rings. The first kappa shape index (κ1) is 18.7. The number of carbonyl (C=O) groups is 3. The van der Waals surface area contributed by atoms with Gasteiger partial charge in [-0.2, -0.15) is 0 Å². The van der Waals surface area contributed by atoms with Crippen LogP contribution in [-0.2, 0) is 14.3 Å². The van der Waals surface area contributed by atoms with Crippen LogP contribution >= 0.6 is 11.3 Å². The van der Waals surface area contributed by atoms with Crippen molar-refractivity contribution in [2.45, 2.75) is 32.3 Å². The van der Waals surface area contributed by atoms with Gasteiger partial charge in [-0.25, -0.2) is 0 Å². The van der Waals surface area contributed by atoms with E-state index in [2.05, 4.69) is 5.32 Å². The molecular formula is C18H20N2O4S. The lowest BCUT2D eigenvalue weighted by Crippen LogP contribution is -2.30. The van der Waals surface area contributed by atoms with Gasteiger partial charge in [0.1, 0.15) is 5.00 Å². The SMILES string of the molecule is C[C@H](OC(=O)C[C@@H](C)c1ccccc1)C(=O)Nc1sccc1C(N)=O. The summed E-state index contributed by atoms with van der Waals surface area (Å²) in [5, 5.41) is 4.56. The van der Waals surface area contributed by atoms with Crippen molar-refractivity contribution in [1.29, 1.82) is 0 Å². The summed E-state index contributed by atoms with van der Waals surface area (Å²) in [6.45, 7) is 3.41. The first-order valence-corrected chi connectivity index (χ1v) is 8.69. The highest BCUT2D eigenvalue weighted by molar-refractivity contribution is 7.14. The molecule has 0 saturated heterocycles. The number of benzene rings is 1. The van der Waals surface area contributed by atoms with Crippen molar-refractivity contribution in [1.82, 2.24) is 0 Å². The van der Waals surface area contributed by atoms with E-state index in [0.29, 0.717) is 5.00 Å². The van der Waals surface area contributed by atoms with E-state index in [1.807, 2.05) is 37.3 Å². The molecule has 2 atom stereocenters. The molecule has 1 aromatic carbocycles. The zero-order chi connectivity index (χ0) is 18.4. The molecule has 25 heavy (non-hydrogen) atoms. The number of nitrogens with two attached hydrogens (primary N) is 1. The van der Waals surface area contributed by atoms with Crippen LogP contribution in [0.5, 0.6) is 0 Å². The number of hydrogen-bond acceptors (Lipinski definition) is 5. The van der Waals surface area contributed by atoms with Gasteiger partial charge in [-0.3, -0.25) is 14.4 Å². The van der Waals surface area contributed by atoms with Crippen LogP contribution in [0.3, 0.4) is 0 Å². The van der Waals surface area contributed by atoms with Gasteiger partial charge in [-0.05, 0) is 29.9 Å². The third-order valence-corrected chi connectivity index (χ3v) is 4.52. The predicted molar refractivity (Wildman–Crippen MR) is 96.5 cm³/mol. The average Bonchev–Trinajstić information content (AvgIpc) is 3.03. The lowest BCUT2D eigenvalue weighted by atomic mass is 9.98. The Labute approximate surface area is 150 Å². The third-order valence-electron chi connectivity index (χ3n) is 3.69. The second-order valence-electron chi connectivity index (χ2n) is 5.66. The highest BCUT2D eigenvalue weighted by atomic mass is 32.1. The number of amides is 2. The van der Waals surface area contributed by atoms with Gasteiger partial charge in [-0.1, -0.05) is 37.3 Å². The molecule has 132 valence electrons. The largest absolute Gasteiger partial charge is 0.453 e. The van der Waals surface area contributed by atoms with Gasteiger partial charge in [0.25, 0.3) is 11.8 Å². The van der Waals surface area contributed by atoms with E-state index in [9.17, 15) is 14.4 Å². The van der Waals surface area contributed by atoms with Gasteiger partial charge >= 0.3 is 5.97 Å². The molecule has 2 aromatic rings. The van der Waals surface area contributed by atoms with E-state index in [1.165, 1.54) is 24.3 Å². The fourth-order valence-electron chi connectivity index (χ4n) is 2.26. The number of rotatable bonds is 7. The molecule has 0 unspecified atom stereocenters. The monoisotopic (exact) mass is 360 g/mol. The highest BCUT2D eigenvalue weighted by Gasteiger charge is 2.22. The Morgan fingerprint density at radius 3 is 2.48 bits per heavy atom. The summed E-state index contributed by atoms with van der Waals surface area (Å²) in [5.41, 5.74) is 6.49. The molecule has 2 rings (SSSR count). The summed E-state index contributed by atoms with van der Waals surface area (Å²) in [7, 11) is 0. The lowest BCUT2D eigenvalue weighted by Gasteiger charge is -2.15. The molecule has 7 heteroatoms. The van der Waals surface area contributed by atoms with Crippen LogP contribution in [0.15, 0.2) is 41.8 Å². The minimum Gasteiger partial charge on any atom is -0.453 e. The van der Waals surface area contributed by atoms with Gasteiger partial charge in [-0.15, -0.1) is 11.3 Å². The molecule has 0 radical (unpaired) electrons. The van der Waals surface area contributed by atoms with E-state index in [1.54, 1.807) is 5.38 Å². The normalized spacial score (nSPS) is 12.9. The van der Waals surface area contributed by atoms with Crippen molar-refractivity contribution in [2.24, 2.45) is 5.73 Å². The molecule has 6 nitrogen and oxygen atoms in total. The van der Waals surface area contributed by atoms with Crippen molar-refractivity contribution in [3.05, 3.63) is 52.9 Å². The van der Waals surface area contributed by atoms with Gasteiger partial charge in [0.2, 0.25) is 0 Å². The van der Waals surface area contributed by atoms with Gasteiger partial charge < -0.3 is 15.8 Å². The Morgan fingerprint density at radius 1 is 1.16 bits per heavy atom. The minimum absolute atomic E-state index is 0.0114. The Hall–Kier alpha value is -2.67. The van der Waals surface area contributed by atoms with Gasteiger partial charge in [0.05, 0.1) is 12.0 Å². The van der Waals surface area contributed by atoms with Crippen molar-refractivity contribution in [2.75, 3.05) is 5.32 Å². The highest BCUT2D eigenvalue weighted by Crippen LogP contribution is 2.23. The van der Waals surface area contributed by atoms with Crippen molar-refractivity contribution < 1.29 is 19.1 Å². The molecule has 0 aliphatic heterocycles. The van der Waals surface area contributed by atoms with Crippen LogP contribution in [0, 0.1) is 0 Å². The van der Waals surface area contributed by atoms with Crippen LogP contribution in [-0.4, -0.2) is 23.9 Å². The van der Waals surface area contributed by atoms with Gasteiger partial charge in [0.15, 0.2) is 6.10 Å². The maximum absolute atomic E-state index is 12.1. The maximum atomic E-state index is 12.1. The number of ether oxygens (including phenoxy) is 1. The Morgan fingerprint density at radius 2 is 1.84 bits per heavy atom. The van der Waals surface area contributed by atoms with Crippen LogP contribution in [0.2, 0.25) is 0 Å². The second-order valence-corrected chi connectivity index (χ2v) is 6.58. The number of hydrogen-bond donors (Lipinski definition) is 2. The van der Waals surface area contributed by atoms with E-state index < -0.39 is 23.9 Å². The summed E-state index contributed by atoms with van der Waals surface area (Å²) in [5.74, 6) is -1.61. The minimum atomic E-state index is -0.974. The van der Waals surface area contributed by atoms with Crippen LogP contribution < -0.4 is 11.1 Å². The molecule has 0 fully saturated rings. The average molecular weight is 360 g/mol. The smallest absolute Gasteiger partial charge is 0.307 e. The summed E-state index contributed by atoms with van der Waals surface area (Å²) in [6, 6.07) is 11.1. The Bertz CT molecular complexity index is 757. The summed E-state index contributed by atoms with van der Waals surface area (Å²) in [6.07, 6.45) is -0.800. The van der Waals surface area contributed by atoms with Gasteiger partial charge in [0, 0.05) is 0 Å². The van der Waals surface area contributed by atoms with Crippen LogP contribution in [0.1, 0.15) is 42.1 Å². The standard InChI is InChI=1S/C18H20N2O4S/c1-11(13-6-4-3-5-7-13)10-15(21)24-12(2)17(23)20-18-14(16(19)22)8-9-25-18/h3-9,11-12H,10H2,1-2H3,(H2,19,22)(H,20,23)/t11-,12+/m1/s1. The van der Waals surface area contributed by atoms with Crippen LogP contribution in [0.25, 0.3) is 0 Å². The lowest BCUT2D eigenvalue weighted by molar-refractivity contribution is -0.153. The topological polar surface area (TPSA) is 98.5 Å². The fraction of sp³-hybridized carbons (Fsp3) is 0.278. The number of esters is 1. The number of primary amides is 1. The van der Waals surface area contributed by atoms with Crippen LogP contribution in [0.4, 0.5) is 5.00 Å². The number of thiophene rings is 1. The Kier molecular flexibility index (Phi) is 6.30. The van der Waals surface area contributed by atoms with E-state index >= 15 is 0 Å². The second kappa shape index (κ2) is 8.43. The molecule has 0 saturated carbocycles. The van der Waals surface area contributed by atoms with Crippen molar-refractivity contribution in [3.63, 3.8) is 0 Å². The zero-order valence-electron chi connectivity index (χ0n) is 14.0. The van der Waals surface area contributed by atoms with Crippen molar-refractivity contribution >= 4 is 34.1 Å². The van der Waals surface area contributed by atoms with E-state index in [4.69, 9.17) is 10.5 Å². The molecule has 0 bridgehead atoms. The Balaban J connectivity index is 1.89. The van der Waals surface area contributed by atoms with E-state index in [-0.39, 0.29) is 17.9 Å². The quantitative estimate of drug-likeness (QED) is 0.742. The molecular weight excluding hydrogens is 340 g/mol. The summed E-state index contributed by atoms with van der Waals surface area (Å²) < 4.78 is 5.19. The molecule has 1 aromatic heterocycles. The number of anilines is 1. The predicted octanol–water partition coefficient (Wildman–Crippen LogP) is 2.91. The first-order valence-electron chi connectivity index (χ1n) is 7.81. The third kappa shape index (κ3) is 5.15. The molecule has 2 amide bonds. The zero-order valence-corrected chi connectivity index (χ0v) is 14.8. The maximum Gasteiger partial charge on any atom is 0.307 e. The molecule has 3 N–H and O–H groups in total. The fourth-order valence-corrected chi connectivity index (χ4v) is 3.06. The van der Waals surface area contributed by atoms with Crippen molar-refractivity contribution in [3.8, 4) is 0 Å². The van der Waals surface area contributed by atoms with E-state index in [0.717, 1.165) is 5.56 Å². The number of carbonyl (C=O) groups excluding carboxylic acids is 3.